The molecule has 0 bridgehead atoms. The molecule has 0 spiro atoms. The quantitative estimate of drug-likeness (QED) is 0.915. The smallest absolute Gasteiger partial charge is 0.260 e. The molecule has 0 aliphatic carbocycles. The monoisotopic (exact) mass is 286 g/mol. The number of rotatable bonds is 5. The van der Waals surface area contributed by atoms with Gasteiger partial charge in [0.15, 0.2) is 0 Å². The van der Waals surface area contributed by atoms with Gasteiger partial charge in [-0.15, -0.1) is 0 Å². The number of nitrogens with one attached hydrogen (secondary N) is 1. The van der Waals surface area contributed by atoms with Gasteiger partial charge in [0, 0.05) is 19.8 Å². The molecule has 0 aliphatic rings. The number of carbonyl (C=O) groups excluding carboxylic acids is 1. The van der Waals surface area contributed by atoms with E-state index in [2.05, 4.69) is 4.98 Å². The molecule has 1 N–H and O–H groups in total. The normalized spacial score (nSPS) is 10.2. The van der Waals surface area contributed by atoms with Crippen LogP contribution in [0, 0.1) is 0 Å². The number of aromatic nitrogens is 1. The Morgan fingerprint density at radius 2 is 1.95 bits per heavy atom. The predicted octanol–water partition coefficient (Wildman–Crippen LogP) is 2.05. The highest BCUT2D eigenvalue weighted by atomic mass is 16.5. The van der Waals surface area contributed by atoms with E-state index in [1.807, 2.05) is 31.2 Å². The number of hydrogen-bond donors (Lipinski definition) is 1. The van der Waals surface area contributed by atoms with Crippen LogP contribution in [-0.4, -0.2) is 29.4 Å². The van der Waals surface area contributed by atoms with Gasteiger partial charge in [0.2, 0.25) is 0 Å². The zero-order chi connectivity index (χ0) is 15.2. The molecule has 21 heavy (non-hydrogen) atoms. The van der Waals surface area contributed by atoms with Gasteiger partial charge >= 0.3 is 0 Å². The van der Waals surface area contributed by atoms with Crippen molar-refractivity contribution in [3.63, 3.8) is 0 Å². The Hall–Kier alpha value is -2.56. The predicted molar refractivity (Wildman–Crippen MR) is 80.5 cm³/mol. The lowest BCUT2D eigenvalue weighted by Gasteiger charge is -2.17. The molecule has 0 saturated carbocycles. The van der Waals surface area contributed by atoms with E-state index in [1.165, 1.54) is 17.2 Å². The maximum Gasteiger partial charge on any atom is 0.260 e. The van der Waals surface area contributed by atoms with E-state index >= 15 is 0 Å². The third kappa shape index (κ3) is 3.72. The number of benzene rings is 1. The van der Waals surface area contributed by atoms with Gasteiger partial charge in [0.1, 0.15) is 11.3 Å². The number of amides is 1. The van der Waals surface area contributed by atoms with E-state index in [0.29, 0.717) is 13.2 Å². The van der Waals surface area contributed by atoms with Crippen molar-refractivity contribution in [2.24, 2.45) is 0 Å². The van der Waals surface area contributed by atoms with Crippen molar-refractivity contribution < 1.29 is 9.53 Å². The van der Waals surface area contributed by atoms with Gasteiger partial charge in [-0.05, 0) is 36.8 Å². The Bertz CT molecular complexity index is 662. The van der Waals surface area contributed by atoms with Crippen LogP contribution in [0.2, 0.25) is 0 Å². The molecule has 1 heterocycles. The molecular formula is C16H18N2O3. The van der Waals surface area contributed by atoms with Gasteiger partial charge in [0.05, 0.1) is 6.61 Å². The Morgan fingerprint density at radius 3 is 2.57 bits per heavy atom. The Morgan fingerprint density at radius 1 is 1.24 bits per heavy atom. The topological polar surface area (TPSA) is 62.4 Å². The highest BCUT2D eigenvalue weighted by Crippen LogP contribution is 2.13. The van der Waals surface area contributed by atoms with Gasteiger partial charge in [-0.25, -0.2) is 0 Å². The average molecular weight is 286 g/mol. The minimum absolute atomic E-state index is 0.144. The number of aromatic amines is 1. The zero-order valence-electron chi connectivity index (χ0n) is 12.1. The first-order valence-corrected chi connectivity index (χ1v) is 6.76. The molecule has 2 rings (SSSR count). The van der Waals surface area contributed by atoms with Gasteiger partial charge < -0.3 is 14.6 Å². The molecule has 1 aromatic heterocycles. The van der Waals surface area contributed by atoms with Crippen molar-refractivity contribution in [1.82, 2.24) is 9.88 Å². The fourth-order valence-electron chi connectivity index (χ4n) is 2.00. The average Bonchev–Trinajstić information content (AvgIpc) is 2.49. The van der Waals surface area contributed by atoms with E-state index in [1.54, 1.807) is 13.1 Å². The van der Waals surface area contributed by atoms with E-state index in [9.17, 15) is 9.59 Å². The molecule has 0 radical (unpaired) electrons. The first-order valence-electron chi connectivity index (χ1n) is 6.76. The molecule has 0 unspecified atom stereocenters. The number of carbonyl (C=O) groups is 1. The summed E-state index contributed by atoms with van der Waals surface area (Å²) in [6.07, 6.45) is 1.51. The van der Waals surface area contributed by atoms with Crippen LogP contribution in [0.15, 0.2) is 47.4 Å². The standard InChI is InChI=1S/C16H18N2O3/c1-3-21-13-8-6-12(7-9-13)11-18(2)16(20)14-5-4-10-17-15(14)19/h4-10H,3,11H2,1-2H3,(H,17,19). The minimum Gasteiger partial charge on any atom is -0.494 e. The summed E-state index contributed by atoms with van der Waals surface area (Å²) in [6.45, 7) is 2.98. The summed E-state index contributed by atoms with van der Waals surface area (Å²) < 4.78 is 5.37. The van der Waals surface area contributed by atoms with Crippen molar-refractivity contribution >= 4 is 5.91 Å². The first-order chi connectivity index (χ1) is 10.1. The summed E-state index contributed by atoms with van der Waals surface area (Å²) in [5.74, 6) is 0.500. The van der Waals surface area contributed by atoms with Gasteiger partial charge in [-0.1, -0.05) is 12.1 Å². The molecule has 5 nitrogen and oxygen atoms in total. The summed E-state index contributed by atoms with van der Waals surface area (Å²) in [5, 5.41) is 0. The van der Waals surface area contributed by atoms with Crippen LogP contribution < -0.4 is 10.3 Å². The first kappa shape index (κ1) is 14.8. The highest BCUT2D eigenvalue weighted by molar-refractivity contribution is 5.93. The molecule has 1 amide bonds. The number of ether oxygens (including phenoxy) is 1. The number of pyridine rings is 1. The van der Waals surface area contributed by atoms with Crippen LogP contribution in [0.1, 0.15) is 22.8 Å². The molecule has 110 valence electrons. The Balaban J connectivity index is 2.07. The molecule has 0 fully saturated rings. The van der Waals surface area contributed by atoms with E-state index in [4.69, 9.17) is 4.74 Å². The number of H-pyrrole nitrogens is 1. The van der Waals surface area contributed by atoms with Gasteiger partial charge in [-0.2, -0.15) is 0 Å². The summed E-state index contributed by atoms with van der Waals surface area (Å²) in [5.41, 5.74) is 0.744. The van der Waals surface area contributed by atoms with Gasteiger partial charge in [0.25, 0.3) is 11.5 Å². The van der Waals surface area contributed by atoms with E-state index < -0.39 is 0 Å². The molecular weight excluding hydrogens is 268 g/mol. The lowest BCUT2D eigenvalue weighted by Crippen LogP contribution is -2.31. The number of hydrogen-bond acceptors (Lipinski definition) is 3. The second kappa shape index (κ2) is 6.74. The largest absolute Gasteiger partial charge is 0.494 e. The van der Waals surface area contributed by atoms with Crippen molar-refractivity contribution in [3.8, 4) is 5.75 Å². The SMILES string of the molecule is CCOc1ccc(CN(C)C(=O)c2ccc[nH]c2=O)cc1. The second-order valence-electron chi connectivity index (χ2n) is 4.65. The highest BCUT2D eigenvalue weighted by Gasteiger charge is 2.15. The van der Waals surface area contributed by atoms with Crippen molar-refractivity contribution in [3.05, 3.63) is 64.1 Å². The third-order valence-corrected chi connectivity index (χ3v) is 3.05. The van der Waals surface area contributed by atoms with E-state index in [0.717, 1.165) is 11.3 Å². The van der Waals surface area contributed by atoms with Crippen molar-refractivity contribution in [2.45, 2.75) is 13.5 Å². The Labute approximate surface area is 123 Å². The lowest BCUT2D eigenvalue weighted by molar-refractivity contribution is 0.0783. The third-order valence-electron chi connectivity index (χ3n) is 3.05. The fourth-order valence-corrected chi connectivity index (χ4v) is 2.00. The minimum atomic E-state index is -0.374. The van der Waals surface area contributed by atoms with E-state index in [-0.39, 0.29) is 17.0 Å². The molecule has 0 atom stereocenters. The van der Waals surface area contributed by atoms with Crippen molar-refractivity contribution in [1.29, 1.82) is 0 Å². The molecule has 1 aromatic carbocycles. The Kier molecular flexibility index (Phi) is 4.77. The molecule has 0 aliphatic heterocycles. The van der Waals surface area contributed by atoms with Crippen LogP contribution in [0.5, 0.6) is 5.75 Å². The fraction of sp³-hybridized carbons (Fsp3) is 0.250. The summed E-state index contributed by atoms with van der Waals surface area (Å²) in [4.78, 5) is 27.9. The lowest BCUT2D eigenvalue weighted by atomic mass is 10.2. The van der Waals surface area contributed by atoms with Crippen LogP contribution in [0.3, 0.4) is 0 Å². The molecule has 5 heteroatoms. The summed E-state index contributed by atoms with van der Waals surface area (Å²) in [7, 11) is 1.67. The molecule has 0 saturated heterocycles. The van der Waals surface area contributed by atoms with Crippen LogP contribution in [-0.2, 0) is 6.54 Å². The summed E-state index contributed by atoms with van der Waals surface area (Å²) in [6, 6.07) is 10.7. The van der Waals surface area contributed by atoms with Gasteiger partial charge in [-0.3, -0.25) is 9.59 Å². The summed E-state index contributed by atoms with van der Waals surface area (Å²) >= 11 is 0. The molecule has 2 aromatic rings. The van der Waals surface area contributed by atoms with Crippen LogP contribution >= 0.6 is 0 Å². The number of nitrogens with zero attached hydrogens (tertiary/aromatic N) is 1. The van der Waals surface area contributed by atoms with Crippen LogP contribution in [0.25, 0.3) is 0 Å². The maximum absolute atomic E-state index is 12.2. The van der Waals surface area contributed by atoms with Crippen LogP contribution in [0.4, 0.5) is 0 Å². The zero-order valence-corrected chi connectivity index (χ0v) is 12.1. The van der Waals surface area contributed by atoms with Crippen molar-refractivity contribution in [2.75, 3.05) is 13.7 Å². The second-order valence-corrected chi connectivity index (χ2v) is 4.65. The maximum atomic E-state index is 12.2.